The summed E-state index contributed by atoms with van der Waals surface area (Å²) in [6, 6.07) is 25.9. The molecule has 2 heterocycles. The van der Waals surface area contributed by atoms with Gasteiger partial charge in [0.2, 0.25) is 11.8 Å². The molecule has 0 saturated carbocycles. The van der Waals surface area contributed by atoms with E-state index in [9.17, 15) is 19.7 Å². The van der Waals surface area contributed by atoms with Crippen LogP contribution in [0, 0.1) is 17.8 Å². The smallest absolute Gasteiger partial charge is 0.455 e. The molecular weight excluding hydrogens is 553 g/mol. The van der Waals surface area contributed by atoms with Gasteiger partial charge in [0.25, 0.3) is 0 Å². The number of para-hydroxylation sites is 2. The van der Waals surface area contributed by atoms with E-state index in [-0.39, 0.29) is 36.4 Å². The van der Waals surface area contributed by atoms with Crippen LogP contribution < -0.4 is 9.64 Å². The summed E-state index contributed by atoms with van der Waals surface area (Å²) in [4.78, 5) is 29.1. The molecular formula is C36H38BNO6. The van der Waals surface area contributed by atoms with E-state index < -0.39 is 25.1 Å². The summed E-state index contributed by atoms with van der Waals surface area (Å²) >= 11 is 0. The summed E-state index contributed by atoms with van der Waals surface area (Å²) in [7, 11) is -1.04. The molecule has 226 valence electrons. The largest absolute Gasteiger partial charge is 0.508 e. The standard InChI is InChI=1S/C36H38BNO6/c1-2-10-24(19-25-11-9-14-28(39)20-25)17-18-32-33-26(23-43-29-15-7-4-8-16-29)21-30-34(31(33)22-37(42)44-32)36(41)38(35(30)40)27-12-5-3-6-13-27/h3-9,11-16,19-20,30-32,34,39,42H,2,10,17-18,21-23H2,1H3/b24-19+/t30-,31+,32-,34-/m1/s1. The Balaban J connectivity index is 1.33. The lowest BCUT2D eigenvalue weighted by Gasteiger charge is -2.43. The van der Waals surface area contributed by atoms with Crippen LogP contribution in [0.15, 0.2) is 102 Å². The highest BCUT2D eigenvalue weighted by Crippen LogP contribution is 2.51. The SMILES string of the molecule is CCC/C(=C\c1cccc(O)c1)CC[C@H]1OB(O)C[C@H]2C1=C(COc1ccccc1)C[C@H]1C(=O)N(c3ccccc3)C(=O)[C@H]12. The molecule has 0 aromatic heterocycles. The molecule has 6 rings (SSSR count). The summed E-state index contributed by atoms with van der Waals surface area (Å²) < 4.78 is 12.4. The second-order valence-electron chi connectivity index (χ2n) is 12.0. The molecule has 2 saturated heterocycles. The Bertz CT molecular complexity index is 1560. The van der Waals surface area contributed by atoms with Gasteiger partial charge in [0, 0.05) is 0 Å². The average molecular weight is 592 g/mol. The van der Waals surface area contributed by atoms with Gasteiger partial charge in [0.15, 0.2) is 0 Å². The predicted molar refractivity (Wildman–Crippen MR) is 171 cm³/mol. The number of phenols is 1. The summed E-state index contributed by atoms with van der Waals surface area (Å²) in [5, 5.41) is 20.9. The Morgan fingerprint density at radius 2 is 1.73 bits per heavy atom. The van der Waals surface area contributed by atoms with Gasteiger partial charge in [0.1, 0.15) is 18.1 Å². The number of aromatic hydroxyl groups is 1. The van der Waals surface area contributed by atoms with Crippen LogP contribution in [0.4, 0.5) is 5.69 Å². The average Bonchev–Trinajstić information content (AvgIpc) is 3.28. The van der Waals surface area contributed by atoms with Gasteiger partial charge in [-0.25, -0.2) is 0 Å². The van der Waals surface area contributed by atoms with Crippen molar-refractivity contribution in [3.8, 4) is 11.5 Å². The monoisotopic (exact) mass is 591 g/mol. The first kappa shape index (κ1) is 29.9. The van der Waals surface area contributed by atoms with E-state index >= 15 is 0 Å². The molecule has 3 aromatic rings. The number of imide groups is 1. The van der Waals surface area contributed by atoms with Gasteiger partial charge in [-0.15, -0.1) is 0 Å². The first-order chi connectivity index (χ1) is 21.4. The zero-order chi connectivity index (χ0) is 30.6. The van der Waals surface area contributed by atoms with Crippen LogP contribution in [0.3, 0.4) is 0 Å². The highest BCUT2D eigenvalue weighted by Gasteiger charge is 2.57. The van der Waals surface area contributed by atoms with Gasteiger partial charge in [-0.05, 0) is 91.0 Å². The van der Waals surface area contributed by atoms with Crippen molar-refractivity contribution in [3.63, 3.8) is 0 Å². The van der Waals surface area contributed by atoms with Gasteiger partial charge in [0.05, 0.1) is 23.6 Å². The lowest BCUT2D eigenvalue weighted by Crippen LogP contribution is -2.46. The fourth-order valence-corrected chi connectivity index (χ4v) is 7.17. The lowest BCUT2D eigenvalue weighted by atomic mass is 9.58. The van der Waals surface area contributed by atoms with Gasteiger partial charge in [-0.3, -0.25) is 14.5 Å². The molecule has 2 aliphatic heterocycles. The zero-order valence-corrected chi connectivity index (χ0v) is 25.0. The third kappa shape index (κ3) is 6.23. The molecule has 2 fully saturated rings. The quantitative estimate of drug-likeness (QED) is 0.160. The maximum atomic E-state index is 14.0. The number of anilines is 1. The molecule has 3 aliphatic rings. The second kappa shape index (κ2) is 13.2. The van der Waals surface area contributed by atoms with Crippen molar-refractivity contribution >= 4 is 30.7 Å². The third-order valence-electron chi connectivity index (χ3n) is 9.02. The number of benzene rings is 3. The summed E-state index contributed by atoms with van der Waals surface area (Å²) in [6.07, 6.45) is 5.56. The number of nitrogens with zero attached hydrogens (tertiary/aromatic N) is 1. The fraction of sp³-hybridized carbons (Fsp3) is 0.333. The second-order valence-corrected chi connectivity index (χ2v) is 12.0. The Hall–Kier alpha value is -4.14. The van der Waals surface area contributed by atoms with Crippen molar-refractivity contribution in [1.29, 1.82) is 0 Å². The maximum absolute atomic E-state index is 14.0. The van der Waals surface area contributed by atoms with Crippen molar-refractivity contribution in [2.75, 3.05) is 11.5 Å². The van der Waals surface area contributed by atoms with Crippen LogP contribution in [0.25, 0.3) is 6.08 Å². The Morgan fingerprint density at radius 1 is 0.977 bits per heavy atom. The Morgan fingerprint density at radius 3 is 2.45 bits per heavy atom. The molecule has 4 atom stereocenters. The fourth-order valence-electron chi connectivity index (χ4n) is 7.17. The first-order valence-corrected chi connectivity index (χ1v) is 15.6. The molecule has 7 nitrogen and oxygen atoms in total. The van der Waals surface area contributed by atoms with Crippen molar-refractivity contribution in [3.05, 3.63) is 107 Å². The van der Waals surface area contributed by atoms with E-state index in [2.05, 4.69) is 13.0 Å². The van der Waals surface area contributed by atoms with Crippen molar-refractivity contribution < 1.29 is 29.1 Å². The minimum Gasteiger partial charge on any atom is -0.508 e. The number of hydrogen-bond acceptors (Lipinski definition) is 6. The highest BCUT2D eigenvalue weighted by molar-refractivity contribution is 6.43. The molecule has 2 amide bonds. The van der Waals surface area contributed by atoms with Crippen LogP contribution in [0.2, 0.25) is 6.32 Å². The topological polar surface area (TPSA) is 96.3 Å². The molecule has 0 unspecified atom stereocenters. The van der Waals surface area contributed by atoms with Gasteiger partial charge < -0.3 is 19.5 Å². The molecule has 8 heteroatoms. The van der Waals surface area contributed by atoms with Crippen molar-refractivity contribution in [2.45, 2.75) is 51.5 Å². The number of rotatable bonds is 10. The molecule has 44 heavy (non-hydrogen) atoms. The van der Waals surface area contributed by atoms with Crippen LogP contribution in [-0.2, 0) is 14.2 Å². The van der Waals surface area contributed by atoms with E-state index in [0.29, 0.717) is 18.5 Å². The van der Waals surface area contributed by atoms with Crippen LogP contribution >= 0.6 is 0 Å². The number of fused-ring (bicyclic) bond motifs is 3. The number of hydrogen-bond donors (Lipinski definition) is 2. The number of carbonyl (C=O) groups excluding carboxylic acids is 2. The zero-order valence-electron chi connectivity index (χ0n) is 25.0. The van der Waals surface area contributed by atoms with Gasteiger partial charge >= 0.3 is 7.12 Å². The summed E-state index contributed by atoms with van der Waals surface area (Å²) in [6.45, 7) is 2.42. The van der Waals surface area contributed by atoms with Crippen LogP contribution in [-0.4, -0.2) is 41.8 Å². The Labute approximate surface area is 259 Å². The summed E-state index contributed by atoms with van der Waals surface area (Å²) in [5.41, 5.74) is 4.70. The number of phenolic OH excluding ortho intramolecular Hbond substituents is 1. The van der Waals surface area contributed by atoms with Crippen LogP contribution in [0.5, 0.6) is 11.5 Å². The Kier molecular flexibility index (Phi) is 9.00. The number of amides is 2. The maximum Gasteiger partial charge on any atom is 0.455 e. The van der Waals surface area contributed by atoms with E-state index in [4.69, 9.17) is 9.39 Å². The van der Waals surface area contributed by atoms with Gasteiger partial charge in [-0.2, -0.15) is 0 Å². The van der Waals surface area contributed by atoms with E-state index in [1.165, 1.54) is 10.5 Å². The highest BCUT2D eigenvalue weighted by atomic mass is 16.5. The number of ether oxygens (including phenoxy) is 1. The van der Waals surface area contributed by atoms with Crippen LogP contribution in [0.1, 0.15) is 44.6 Å². The molecule has 0 radical (unpaired) electrons. The van der Waals surface area contributed by atoms with E-state index in [0.717, 1.165) is 41.7 Å². The van der Waals surface area contributed by atoms with E-state index in [1.807, 2.05) is 60.7 Å². The normalized spacial score (nSPS) is 23.5. The third-order valence-corrected chi connectivity index (χ3v) is 9.02. The molecule has 1 aliphatic carbocycles. The predicted octanol–water partition coefficient (Wildman–Crippen LogP) is 6.44. The number of allylic oxidation sites excluding steroid dienone is 1. The first-order valence-electron chi connectivity index (χ1n) is 15.6. The minimum atomic E-state index is -1.04. The van der Waals surface area contributed by atoms with Crippen molar-refractivity contribution in [2.24, 2.45) is 17.8 Å². The minimum absolute atomic E-state index is 0.195. The van der Waals surface area contributed by atoms with Crippen molar-refractivity contribution in [1.82, 2.24) is 0 Å². The molecule has 0 spiro atoms. The summed E-state index contributed by atoms with van der Waals surface area (Å²) in [5.74, 6) is -0.852. The van der Waals surface area contributed by atoms with Gasteiger partial charge in [-0.1, -0.05) is 73.5 Å². The van der Waals surface area contributed by atoms with E-state index in [1.54, 1.807) is 24.3 Å². The molecule has 2 N–H and O–H groups in total. The molecule has 3 aromatic carbocycles. The lowest BCUT2D eigenvalue weighted by molar-refractivity contribution is -0.122. The molecule has 0 bridgehead atoms. The number of carbonyl (C=O) groups is 2.